The Kier molecular flexibility index (Phi) is 5.58. The van der Waals surface area contributed by atoms with E-state index in [0.717, 1.165) is 28.4 Å². The van der Waals surface area contributed by atoms with E-state index in [-0.39, 0.29) is 12.2 Å². The van der Waals surface area contributed by atoms with Gasteiger partial charge >= 0.3 is 5.97 Å². The number of rotatable bonds is 6. The van der Waals surface area contributed by atoms with Gasteiger partial charge in [0.25, 0.3) is 5.56 Å². The van der Waals surface area contributed by atoms with Gasteiger partial charge in [0.05, 0.1) is 18.5 Å². The van der Waals surface area contributed by atoms with Crippen LogP contribution in [-0.2, 0) is 22.7 Å². The Morgan fingerprint density at radius 1 is 1.13 bits per heavy atom. The molecule has 0 amide bonds. The van der Waals surface area contributed by atoms with Crippen molar-refractivity contribution in [1.82, 2.24) is 14.0 Å². The smallest absolute Gasteiger partial charge is 0.331 e. The normalized spacial score (nSPS) is 11.5. The summed E-state index contributed by atoms with van der Waals surface area (Å²) in [7, 11) is 0. The number of ether oxygens (including phenoxy) is 1. The molecule has 4 aromatic heterocycles. The van der Waals surface area contributed by atoms with Crippen LogP contribution in [0.1, 0.15) is 34.1 Å². The van der Waals surface area contributed by atoms with Crippen molar-refractivity contribution in [2.75, 3.05) is 0 Å². The molecule has 0 atom stereocenters. The lowest BCUT2D eigenvalue weighted by molar-refractivity contribution is -0.139. The second kappa shape index (κ2) is 8.47. The molecule has 0 aliphatic rings. The van der Waals surface area contributed by atoms with E-state index in [1.165, 1.54) is 16.5 Å². The molecule has 0 aromatic carbocycles. The molecule has 0 spiro atoms. The molecule has 0 fully saturated rings. The summed E-state index contributed by atoms with van der Waals surface area (Å²) in [6, 6.07) is 12.6. The fraction of sp³-hybridized carbons (Fsp3) is 0.208. The molecule has 0 saturated carbocycles. The van der Waals surface area contributed by atoms with Gasteiger partial charge in [-0.25, -0.2) is 9.78 Å². The second-order valence-electron chi connectivity index (χ2n) is 7.38. The summed E-state index contributed by atoms with van der Waals surface area (Å²) in [5.74, 6) is 0.368. The van der Waals surface area contributed by atoms with Crippen molar-refractivity contribution in [1.29, 1.82) is 0 Å². The van der Waals surface area contributed by atoms with E-state index in [0.29, 0.717) is 17.9 Å². The molecule has 4 aromatic rings. The number of carbonyl (C=O) groups excluding carboxylic acids is 1. The van der Waals surface area contributed by atoms with Crippen LogP contribution in [0.3, 0.4) is 0 Å². The molecule has 0 N–H and O–H groups in total. The minimum Gasteiger partial charge on any atom is -0.467 e. The van der Waals surface area contributed by atoms with E-state index in [1.807, 2.05) is 51.1 Å². The van der Waals surface area contributed by atoms with Crippen LogP contribution in [0.25, 0.3) is 11.7 Å². The molecule has 4 rings (SSSR count). The Morgan fingerprint density at radius 3 is 2.74 bits per heavy atom. The fourth-order valence-corrected chi connectivity index (χ4v) is 3.59. The second-order valence-corrected chi connectivity index (χ2v) is 7.38. The number of nitrogens with zero attached hydrogens (tertiary/aromatic N) is 3. The number of furan rings is 1. The zero-order valence-corrected chi connectivity index (χ0v) is 17.7. The van der Waals surface area contributed by atoms with Crippen LogP contribution in [0.2, 0.25) is 0 Å². The van der Waals surface area contributed by atoms with Gasteiger partial charge in [-0.3, -0.25) is 9.20 Å². The van der Waals surface area contributed by atoms with Crippen molar-refractivity contribution in [3.8, 4) is 0 Å². The van der Waals surface area contributed by atoms with Gasteiger partial charge in [-0.15, -0.1) is 0 Å². The highest BCUT2D eigenvalue weighted by atomic mass is 16.5. The summed E-state index contributed by atoms with van der Waals surface area (Å²) >= 11 is 0. The molecular weight excluding hydrogens is 394 g/mol. The number of aromatic nitrogens is 3. The molecule has 31 heavy (non-hydrogen) atoms. The molecule has 4 heterocycles. The summed E-state index contributed by atoms with van der Waals surface area (Å²) in [4.78, 5) is 28.9. The molecule has 7 heteroatoms. The SMILES string of the molecule is Cc1cc(/C=C/C(=O)OCc2cc(=O)n3c(C)cccc3n2)c(C)n1Cc1ccco1. The fourth-order valence-electron chi connectivity index (χ4n) is 3.59. The largest absolute Gasteiger partial charge is 0.467 e. The average Bonchev–Trinajstić information content (AvgIpc) is 3.34. The van der Waals surface area contributed by atoms with E-state index < -0.39 is 5.97 Å². The number of esters is 1. The maximum atomic E-state index is 12.3. The van der Waals surface area contributed by atoms with Crippen molar-refractivity contribution in [2.24, 2.45) is 0 Å². The molecule has 0 aliphatic heterocycles. The third kappa shape index (κ3) is 4.35. The third-order valence-electron chi connectivity index (χ3n) is 5.20. The number of aryl methyl sites for hydroxylation is 2. The number of hydrogen-bond acceptors (Lipinski definition) is 5. The number of hydrogen-bond donors (Lipinski definition) is 0. The summed E-state index contributed by atoms with van der Waals surface area (Å²) in [5, 5.41) is 0. The van der Waals surface area contributed by atoms with Crippen LogP contribution in [0.5, 0.6) is 0 Å². The lowest BCUT2D eigenvalue weighted by Crippen LogP contribution is -2.18. The summed E-state index contributed by atoms with van der Waals surface area (Å²) in [6.45, 7) is 6.41. The van der Waals surface area contributed by atoms with Gasteiger partial charge in [-0.1, -0.05) is 6.07 Å². The summed E-state index contributed by atoms with van der Waals surface area (Å²) in [6.07, 6.45) is 4.77. The van der Waals surface area contributed by atoms with Gasteiger partial charge in [0.2, 0.25) is 0 Å². The van der Waals surface area contributed by atoms with Crippen LogP contribution < -0.4 is 5.56 Å². The zero-order valence-electron chi connectivity index (χ0n) is 17.7. The Labute approximate surface area is 179 Å². The first-order chi connectivity index (χ1) is 14.9. The molecule has 158 valence electrons. The van der Waals surface area contributed by atoms with Gasteiger partial charge in [-0.2, -0.15) is 0 Å². The van der Waals surface area contributed by atoms with Crippen LogP contribution in [-0.4, -0.2) is 19.9 Å². The molecular formula is C24H23N3O4. The summed E-state index contributed by atoms with van der Waals surface area (Å²) < 4.78 is 14.4. The third-order valence-corrected chi connectivity index (χ3v) is 5.20. The van der Waals surface area contributed by atoms with E-state index in [1.54, 1.807) is 18.4 Å². The van der Waals surface area contributed by atoms with Crippen LogP contribution in [0.15, 0.2) is 64.0 Å². The van der Waals surface area contributed by atoms with Crippen LogP contribution >= 0.6 is 0 Å². The zero-order chi connectivity index (χ0) is 22.0. The van der Waals surface area contributed by atoms with Crippen molar-refractivity contribution in [2.45, 2.75) is 33.9 Å². The van der Waals surface area contributed by atoms with Crippen LogP contribution in [0.4, 0.5) is 0 Å². The van der Waals surface area contributed by atoms with Crippen molar-refractivity contribution in [3.63, 3.8) is 0 Å². The first-order valence-electron chi connectivity index (χ1n) is 9.94. The minimum absolute atomic E-state index is 0.0691. The minimum atomic E-state index is -0.498. The first kappa shape index (κ1) is 20.4. The Balaban J connectivity index is 1.44. The van der Waals surface area contributed by atoms with Gasteiger partial charge in [0.1, 0.15) is 18.0 Å². The standard InChI is InChI=1S/C24H23N3O4/c1-16-6-4-8-22-25-20(13-23(28)27(16)22)15-31-24(29)10-9-19-12-17(2)26(18(19)3)14-21-7-5-11-30-21/h4-13H,14-15H2,1-3H3/b10-9+. The average molecular weight is 417 g/mol. The lowest BCUT2D eigenvalue weighted by atomic mass is 10.2. The summed E-state index contributed by atoms with van der Waals surface area (Å²) in [5.41, 5.74) is 4.56. The van der Waals surface area contributed by atoms with E-state index >= 15 is 0 Å². The van der Waals surface area contributed by atoms with E-state index in [4.69, 9.17) is 9.15 Å². The van der Waals surface area contributed by atoms with E-state index in [9.17, 15) is 9.59 Å². The van der Waals surface area contributed by atoms with Crippen molar-refractivity contribution >= 4 is 17.7 Å². The number of carbonyl (C=O) groups is 1. The highest BCUT2D eigenvalue weighted by molar-refractivity contribution is 5.87. The Bertz CT molecular complexity index is 1330. The quantitative estimate of drug-likeness (QED) is 0.352. The molecule has 0 saturated heterocycles. The highest BCUT2D eigenvalue weighted by Gasteiger charge is 2.10. The molecule has 0 radical (unpaired) electrons. The van der Waals surface area contributed by atoms with Gasteiger partial charge in [0, 0.05) is 29.2 Å². The van der Waals surface area contributed by atoms with Crippen molar-refractivity contribution < 1.29 is 13.9 Å². The molecule has 7 nitrogen and oxygen atoms in total. The maximum Gasteiger partial charge on any atom is 0.331 e. The number of fused-ring (bicyclic) bond motifs is 1. The topological polar surface area (TPSA) is 78.7 Å². The maximum absolute atomic E-state index is 12.3. The van der Waals surface area contributed by atoms with E-state index in [2.05, 4.69) is 9.55 Å². The molecule has 0 bridgehead atoms. The Hall–Kier alpha value is -3.87. The molecule has 0 unspecified atom stereocenters. The van der Waals surface area contributed by atoms with Crippen LogP contribution in [0, 0.1) is 20.8 Å². The predicted molar refractivity (Wildman–Crippen MR) is 117 cm³/mol. The first-order valence-corrected chi connectivity index (χ1v) is 9.94. The van der Waals surface area contributed by atoms with Gasteiger partial charge in [0.15, 0.2) is 0 Å². The monoisotopic (exact) mass is 417 g/mol. The van der Waals surface area contributed by atoms with Crippen molar-refractivity contribution in [3.05, 3.63) is 99.3 Å². The Morgan fingerprint density at radius 2 is 1.97 bits per heavy atom. The highest BCUT2D eigenvalue weighted by Crippen LogP contribution is 2.19. The lowest BCUT2D eigenvalue weighted by Gasteiger charge is -2.07. The number of pyridine rings is 1. The molecule has 0 aliphatic carbocycles. The predicted octanol–water partition coefficient (Wildman–Crippen LogP) is 3.82. The van der Waals surface area contributed by atoms with Gasteiger partial charge < -0.3 is 13.7 Å². The van der Waals surface area contributed by atoms with Gasteiger partial charge in [-0.05, 0) is 62.7 Å².